The number of pyridine rings is 2. The van der Waals surface area contributed by atoms with Gasteiger partial charge in [-0.3, -0.25) is 19.9 Å². The molecular weight excluding hydrogens is 361 g/mol. The third-order valence-electron chi connectivity index (χ3n) is 4.40. The second kappa shape index (κ2) is 7.07. The zero-order chi connectivity index (χ0) is 19.7. The molecule has 0 aliphatic rings. The van der Waals surface area contributed by atoms with Crippen LogP contribution in [0.2, 0.25) is 0 Å². The molecule has 4 aromatic rings. The molecule has 3 heterocycles. The first kappa shape index (κ1) is 17.6. The molecule has 0 saturated carbocycles. The number of rotatable bonds is 4. The lowest BCUT2D eigenvalue weighted by Gasteiger charge is -2.09. The van der Waals surface area contributed by atoms with Crippen molar-refractivity contribution in [3.63, 3.8) is 0 Å². The van der Waals surface area contributed by atoms with Gasteiger partial charge in [0.15, 0.2) is 0 Å². The largest absolute Gasteiger partial charge is 0.496 e. The normalized spacial score (nSPS) is 10.8. The monoisotopic (exact) mass is 377 g/mol. The van der Waals surface area contributed by atoms with Crippen LogP contribution in [0.5, 0.6) is 5.75 Å². The fraction of sp³-hybridized carbons (Fsp3) is 0.100. The van der Waals surface area contributed by atoms with Crippen molar-refractivity contribution in [3.8, 4) is 28.3 Å². The van der Waals surface area contributed by atoms with Gasteiger partial charge in [0.1, 0.15) is 23.0 Å². The molecule has 1 amide bonds. The van der Waals surface area contributed by atoms with Gasteiger partial charge in [-0.25, -0.2) is 4.39 Å². The Morgan fingerprint density at radius 2 is 2.07 bits per heavy atom. The van der Waals surface area contributed by atoms with Crippen LogP contribution >= 0.6 is 0 Å². The molecule has 8 heteroatoms. The topological polar surface area (TPSA) is 92.8 Å². The van der Waals surface area contributed by atoms with Gasteiger partial charge in [-0.2, -0.15) is 5.10 Å². The Bertz CT molecular complexity index is 1190. The minimum absolute atomic E-state index is 0.250. The lowest BCUT2D eigenvalue weighted by molar-refractivity contribution is 0.0959. The Labute approximate surface area is 159 Å². The second-order valence-electron chi connectivity index (χ2n) is 5.98. The SMILES string of the molecule is CNC(=O)c1ncccc1-c1n[nH]c2cnc(-c3c(F)cccc3OC)cc12. The number of hydrogen-bond acceptors (Lipinski definition) is 5. The van der Waals surface area contributed by atoms with Gasteiger partial charge in [0.2, 0.25) is 0 Å². The van der Waals surface area contributed by atoms with E-state index in [1.807, 2.05) is 0 Å². The first-order valence-electron chi connectivity index (χ1n) is 8.48. The van der Waals surface area contributed by atoms with Crippen LogP contribution < -0.4 is 10.1 Å². The zero-order valence-electron chi connectivity index (χ0n) is 15.2. The van der Waals surface area contributed by atoms with Crippen LogP contribution in [0, 0.1) is 5.82 Å². The van der Waals surface area contributed by atoms with Crippen LogP contribution in [0.25, 0.3) is 33.4 Å². The van der Waals surface area contributed by atoms with Crippen LogP contribution in [-0.4, -0.2) is 40.2 Å². The third kappa shape index (κ3) is 2.84. The first-order valence-corrected chi connectivity index (χ1v) is 8.48. The summed E-state index contributed by atoms with van der Waals surface area (Å²) >= 11 is 0. The number of benzene rings is 1. The van der Waals surface area contributed by atoms with Gasteiger partial charge in [0.25, 0.3) is 5.91 Å². The second-order valence-corrected chi connectivity index (χ2v) is 5.98. The van der Waals surface area contributed by atoms with E-state index in [0.29, 0.717) is 33.6 Å². The summed E-state index contributed by atoms with van der Waals surface area (Å²) in [5, 5.41) is 10.5. The van der Waals surface area contributed by atoms with E-state index >= 15 is 0 Å². The van der Waals surface area contributed by atoms with E-state index in [1.165, 1.54) is 20.2 Å². The van der Waals surface area contributed by atoms with Crippen molar-refractivity contribution >= 4 is 16.8 Å². The van der Waals surface area contributed by atoms with Crippen molar-refractivity contribution in [2.45, 2.75) is 0 Å². The van der Waals surface area contributed by atoms with E-state index in [0.717, 1.165) is 0 Å². The van der Waals surface area contributed by atoms with Crippen molar-refractivity contribution in [2.24, 2.45) is 0 Å². The van der Waals surface area contributed by atoms with Gasteiger partial charge in [0, 0.05) is 24.2 Å². The maximum atomic E-state index is 14.5. The molecule has 0 fully saturated rings. The van der Waals surface area contributed by atoms with Gasteiger partial charge in [0.05, 0.1) is 30.1 Å². The summed E-state index contributed by atoms with van der Waals surface area (Å²) < 4.78 is 19.8. The molecular formula is C20H16FN5O2. The Kier molecular flexibility index (Phi) is 4.44. The van der Waals surface area contributed by atoms with Gasteiger partial charge < -0.3 is 10.1 Å². The maximum absolute atomic E-state index is 14.5. The summed E-state index contributed by atoms with van der Waals surface area (Å²) in [6.45, 7) is 0. The first-order chi connectivity index (χ1) is 13.6. The number of nitrogens with one attached hydrogen (secondary N) is 2. The smallest absolute Gasteiger partial charge is 0.270 e. The predicted molar refractivity (Wildman–Crippen MR) is 102 cm³/mol. The number of carbonyl (C=O) groups is 1. The number of methoxy groups -OCH3 is 1. The van der Waals surface area contributed by atoms with Crippen molar-refractivity contribution in [1.29, 1.82) is 0 Å². The molecule has 28 heavy (non-hydrogen) atoms. The molecule has 0 radical (unpaired) electrons. The van der Waals surface area contributed by atoms with Crippen molar-refractivity contribution in [1.82, 2.24) is 25.5 Å². The summed E-state index contributed by atoms with van der Waals surface area (Å²) in [5.41, 5.74) is 2.65. The number of H-pyrrole nitrogens is 1. The van der Waals surface area contributed by atoms with E-state index < -0.39 is 5.82 Å². The Morgan fingerprint density at radius 3 is 2.86 bits per heavy atom. The highest BCUT2D eigenvalue weighted by atomic mass is 19.1. The molecule has 140 valence electrons. The minimum Gasteiger partial charge on any atom is -0.496 e. The number of ether oxygens (including phenoxy) is 1. The number of halogens is 1. The van der Waals surface area contributed by atoms with Gasteiger partial charge in [-0.15, -0.1) is 0 Å². The standard InChI is InChI=1S/C20H16FN5O2/c1-22-20(27)19-11(5-4-8-23-19)18-12-9-14(24-10-15(12)25-26-18)17-13(21)6-3-7-16(17)28-2/h3-10H,1-2H3,(H,22,27)(H,25,26). The quantitative estimate of drug-likeness (QED) is 0.570. The van der Waals surface area contributed by atoms with Gasteiger partial charge in [-0.1, -0.05) is 6.07 Å². The average Bonchev–Trinajstić information content (AvgIpc) is 3.16. The van der Waals surface area contributed by atoms with E-state index in [4.69, 9.17) is 4.74 Å². The summed E-state index contributed by atoms with van der Waals surface area (Å²) in [5.74, 6) is -0.384. The summed E-state index contributed by atoms with van der Waals surface area (Å²) in [4.78, 5) is 20.7. The van der Waals surface area contributed by atoms with Crippen molar-refractivity contribution < 1.29 is 13.9 Å². The summed E-state index contributed by atoms with van der Waals surface area (Å²) in [6, 6.07) is 9.80. The summed E-state index contributed by atoms with van der Waals surface area (Å²) in [6.07, 6.45) is 3.11. The van der Waals surface area contributed by atoms with E-state index in [-0.39, 0.29) is 17.2 Å². The Morgan fingerprint density at radius 1 is 1.21 bits per heavy atom. The fourth-order valence-corrected chi connectivity index (χ4v) is 3.08. The lowest BCUT2D eigenvalue weighted by Crippen LogP contribution is -2.20. The molecule has 2 N–H and O–H groups in total. The molecule has 0 bridgehead atoms. The van der Waals surface area contributed by atoms with Crippen molar-refractivity contribution in [2.75, 3.05) is 14.2 Å². The Balaban J connectivity index is 1.94. The van der Waals surface area contributed by atoms with E-state index in [2.05, 4.69) is 25.5 Å². The predicted octanol–water partition coefficient (Wildman–Crippen LogP) is 3.19. The number of fused-ring (bicyclic) bond motifs is 1. The van der Waals surface area contributed by atoms with Gasteiger partial charge in [-0.05, 0) is 30.3 Å². The van der Waals surface area contributed by atoms with E-state index in [9.17, 15) is 9.18 Å². The zero-order valence-corrected chi connectivity index (χ0v) is 15.2. The highest BCUT2D eigenvalue weighted by Gasteiger charge is 2.19. The van der Waals surface area contributed by atoms with Gasteiger partial charge >= 0.3 is 0 Å². The molecule has 0 saturated heterocycles. The molecule has 0 spiro atoms. The molecule has 3 aromatic heterocycles. The Hall–Kier alpha value is -3.81. The average molecular weight is 377 g/mol. The highest BCUT2D eigenvalue weighted by molar-refractivity contribution is 6.03. The number of amides is 1. The van der Waals surface area contributed by atoms with Crippen LogP contribution in [0.3, 0.4) is 0 Å². The molecule has 1 aromatic carbocycles. The van der Waals surface area contributed by atoms with Crippen LogP contribution in [0.1, 0.15) is 10.5 Å². The minimum atomic E-state index is -0.441. The molecule has 4 rings (SSSR count). The molecule has 0 unspecified atom stereocenters. The molecule has 0 aliphatic carbocycles. The van der Waals surface area contributed by atoms with Crippen LogP contribution in [0.4, 0.5) is 4.39 Å². The number of aromatic nitrogens is 4. The molecule has 7 nitrogen and oxygen atoms in total. The third-order valence-corrected chi connectivity index (χ3v) is 4.40. The highest BCUT2D eigenvalue weighted by Crippen LogP contribution is 2.35. The molecule has 0 atom stereocenters. The number of nitrogens with zero attached hydrogens (tertiary/aromatic N) is 3. The fourth-order valence-electron chi connectivity index (χ4n) is 3.08. The lowest BCUT2D eigenvalue weighted by atomic mass is 10.0. The van der Waals surface area contributed by atoms with Crippen molar-refractivity contribution in [3.05, 3.63) is 60.3 Å². The van der Waals surface area contributed by atoms with Crippen LogP contribution in [0.15, 0.2) is 48.8 Å². The maximum Gasteiger partial charge on any atom is 0.270 e. The number of aromatic amines is 1. The summed E-state index contributed by atoms with van der Waals surface area (Å²) in [7, 11) is 3.02. The number of hydrogen-bond donors (Lipinski definition) is 2. The molecule has 0 aliphatic heterocycles. The van der Waals surface area contributed by atoms with E-state index in [1.54, 1.807) is 42.7 Å². The van der Waals surface area contributed by atoms with Crippen LogP contribution in [-0.2, 0) is 0 Å². The number of carbonyl (C=O) groups excluding carboxylic acids is 1.